The molecule has 2 nitrogen and oxygen atoms in total. The minimum absolute atomic E-state index is 0.262. The predicted molar refractivity (Wildman–Crippen MR) is 29.6 cm³/mol. The standard InChI is InChI=1S/C6H10O2/c1-2-5-6(8-5)3-4-7/h4-6H,2-3H2,1H3/t5-,6+/m1/s1. The van der Waals surface area contributed by atoms with E-state index < -0.39 is 0 Å². The first-order chi connectivity index (χ1) is 3.88. The topological polar surface area (TPSA) is 29.6 Å². The van der Waals surface area contributed by atoms with E-state index in [1.165, 1.54) is 0 Å². The van der Waals surface area contributed by atoms with Gasteiger partial charge in [-0.1, -0.05) is 6.92 Å². The predicted octanol–water partition coefficient (Wildman–Crippen LogP) is 0.753. The molecule has 2 atom stereocenters. The zero-order valence-corrected chi connectivity index (χ0v) is 4.96. The SMILES string of the molecule is CC[C@H]1O[C@H]1CC=O. The zero-order valence-electron chi connectivity index (χ0n) is 4.96. The molecule has 0 aromatic heterocycles. The van der Waals surface area contributed by atoms with Gasteiger partial charge in [0, 0.05) is 6.42 Å². The maximum atomic E-state index is 9.84. The first-order valence-corrected chi connectivity index (χ1v) is 2.97. The molecule has 1 rings (SSSR count). The van der Waals surface area contributed by atoms with Crippen LogP contribution in [0.15, 0.2) is 0 Å². The molecule has 0 radical (unpaired) electrons. The second-order valence-corrected chi connectivity index (χ2v) is 2.02. The van der Waals surface area contributed by atoms with Crippen LogP contribution in [0.1, 0.15) is 19.8 Å². The van der Waals surface area contributed by atoms with E-state index >= 15 is 0 Å². The number of carbonyl (C=O) groups excluding carboxylic acids is 1. The van der Waals surface area contributed by atoms with Crippen LogP contribution >= 0.6 is 0 Å². The summed E-state index contributed by atoms with van der Waals surface area (Å²) in [5.74, 6) is 0. The van der Waals surface area contributed by atoms with Crippen molar-refractivity contribution >= 4 is 6.29 Å². The van der Waals surface area contributed by atoms with E-state index in [4.69, 9.17) is 4.74 Å². The van der Waals surface area contributed by atoms with Gasteiger partial charge >= 0.3 is 0 Å². The summed E-state index contributed by atoms with van der Waals surface area (Å²) in [4.78, 5) is 9.84. The average molecular weight is 114 g/mol. The number of aldehydes is 1. The monoisotopic (exact) mass is 114 g/mol. The van der Waals surface area contributed by atoms with Crippen molar-refractivity contribution in [2.45, 2.75) is 32.0 Å². The average Bonchev–Trinajstić information content (AvgIpc) is 2.48. The van der Waals surface area contributed by atoms with Crippen LogP contribution in [0, 0.1) is 0 Å². The molecule has 1 heterocycles. The van der Waals surface area contributed by atoms with E-state index in [0.29, 0.717) is 12.5 Å². The Kier molecular flexibility index (Phi) is 1.63. The van der Waals surface area contributed by atoms with Crippen molar-refractivity contribution < 1.29 is 9.53 Å². The Balaban J connectivity index is 2.07. The highest BCUT2D eigenvalue weighted by Crippen LogP contribution is 2.26. The largest absolute Gasteiger partial charge is 0.369 e. The molecular weight excluding hydrogens is 104 g/mol. The van der Waals surface area contributed by atoms with Crippen molar-refractivity contribution in [1.29, 1.82) is 0 Å². The first kappa shape index (κ1) is 5.76. The molecule has 0 bridgehead atoms. The van der Waals surface area contributed by atoms with Gasteiger partial charge in [-0.05, 0) is 6.42 Å². The van der Waals surface area contributed by atoms with Crippen molar-refractivity contribution in [3.63, 3.8) is 0 Å². The molecule has 0 aliphatic carbocycles. The van der Waals surface area contributed by atoms with Gasteiger partial charge in [0.15, 0.2) is 0 Å². The van der Waals surface area contributed by atoms with Crippen molar-refractivity contribution in [2.24, 2.45) is 0 Å². The van der Waals surface area contributed by atoms with Crippen LogP contribution in [0.25, 0.3) is 0 Å². The van der Waals surface area contributed by atoms with Crippen molar-refractivity contribution in [1.82, 2.24) is 0 Å². The minimum Gasteiger partial charge on any atom is -0.369 e. The van der Waals surface area contributed by atoms with Gasteiger partial charge in [0.25, 0.3) is 0 Å². The molecule has 0 unspecified atom stereocenters. The van der Waals surface area contributed by atoms with Crippen LogP contribution < -0.4 is 0 Å². The van der Waals surface area contributed by atoms with Crippen molar-refractivity contribution in [3.8, 4) is 0 Å². The lowest BCUT2D eigenvalue weighted by Crippen LogP contribution is -1.91. The molecule has 2 heteroatoms. The molecule has 0 N–H and O–H groups in total. The Morgan fingerprint density at radius 2 is 2.38 bits per heavy atom. The Labute approximate surface area is 48.8 Å². The van der Waals surface area contributed by atoms with Gasteiger partial charge in [-0.25, -0.2) is 0 Å². The second-order valence-electron chi connectivity index (χ2n) is 2.02. The number of hydrogen-bond donors (Lipinski definition) is 0. The minimum atomic E-state index is 0.262. The first-order valence-electron chi connectivity index (χ1n) is 2.97. The summed E-state index contributed by atoms with van der Waals surface area (Å²) in [7, 11) is 0. The summed E-state index contributed by atoms with van der Waals surface area (Å²) in [5.41, 5.74) is 0. The van der Waals surface area contributed by atoms with Gasteiger partial charge in [-0.3, -0.25) is 0 Å². The molecule has 0 saturated carbocycles. The quantitative estimate of drug-likeness (QED) is 0.400. The lowest BCUT2D eigenvalue weighted by molar-refractivity contribution is -0.108. The summed E-state index contributed by atoms with van der Waals surface area (Å²) in [5, 5.41) is 0. The zero-order chi connectivity index (χ0) is 5.98. The van der Waals surface area contributed by atoms with Crippen LogP contribution in [0.5, 0.6) is 0 Å². The molecule has 1 fully saturated rings. The van der Waals surface area contributed by atoms with Gasteiger partial charge in [0.05, 0.1) is 12.2 Å². The second kappa shape index (κ2) is 2.27. The summed E-state index contributed by atoms with van der Waals surface area (Å²) in [6.45, 7) is 2.06. The summed E-state index contributed by atoms with van der Waals surface area (Å²) >= 11 is 0. The van der Waals surface area contributed by atoms with Crippen LogP contribution in [0.3, 0.4) is 0 Å². The van der Waals surface area contributed by atoms with Gasteiger partial charge in [-0.2, -0.15) is 0 Å². The van der Waals surface area contributed by atoms with Gasteiger partial charge in [-0.15, -0.1) is 0 Å². The number of rotatable bonds is 3. The highest BCUT2D eigenvalue weighted by atomic mass is 16.6. The van der Waals surface area contributed by atoms with Gasteiger partial charge in [0.2, 0.25) is 0 Å². The maximum Gasteiger partial charge on any atom is 0.122 e. The molecule has 1 aliphatic heterocycles. The fourth-order valence-electron chi connectivity index (χ4n) is 0.840. The van der Waals surface area contributed by atoms with Crippen LogP contribution in [-0.4, -0.2) is 18.5 Å². The molecule has 0 amide bonds. The van der Waals surface area contributed by atoms with Gasteiger partial charge < -0.3 is 9.53 Å². The lowest BCUT2D eigenvalue weighted by Gasteiger charge is -1.77. The molecule has 1 aliphatic rings. The summed E-state index contributed by atoms with van der Waals surface area (Å²) in [6, 6.07) is 0. The molecule has 0 aromatic rings. The van der Waals surface area contributed by atoms with E-state index in [2.05, 4.69) is 6.92 Å². The Morgan fingerprint density at radius 3 is 2.75 bits per heavy atom. The van der Waals surface area contributed by atoms with E-state index in [-0.39, 0.29) is 6.10 Å². The Bertz CT molecular complexity index is 90.5. The van der Waals surface area contributed by atoms with E-state index in [0.717, 1.165) is 12.7 Å². The Hall–Kier alpha value is -0.370. The molecule has 0 aromatic carbocycles. The Morgan fingerprint density at radius 1 is 1.62 bits per heavy atom. The van der Waals surface area contributed by atoms with Gasteiger partial charge in [0.1, 0.15) is 6.29 Å². The third kappa shape index (κ3) is 1.07. The number of carbonyl (C=O) groups is 1. The third-order valence-corrected chi connectivity index (χ3v) is 1.42. The highest BCUT2D eigenvalue weighted by molar-refractivity contribution is 5.51. The number of hydrogen-bond acceptors (Lipinski definition) is 2. The molecule has 46 valence electrons. The fourth-order valence-corrected chi connectivity index (χ4v) is 0.840. The molecule has 8 heavy (non-hydrogen) atoms. The molecule has 1 saturated heterocycles. The number of epoxide rings is 1. The smallest absolute Gasteiger partial charge is 0.122 e. The van der Waals surface area contributed by atoms with E-state index in [9.17, 15) is 4.79 Å². The summed E-state index contributed by atoms with van der Waals surface area (Å²) < 4.78 is 5.08. The summed E-state index contributed by atoms with van der Waals surface area (Å²) in [6.07, 6.45) is 3.19. The number of ether oxygens (including phenoxy) is 1. The van der Waals surface area contributed by atoms with Crippen LogP contribution in [0.4, 0.5) is 0 Å². The fraction of sp³-hybridized carbons (Fsp3) is 0.833. The van der Waals surface area contributed by atoms with E-state index in [1.54, 1.807) is 0 Å². The lowest BCUT2D eigenvalue weighted by atomic mass is 10.2. The normalized spacial score (nSPS) is 34.6. The molecule has 0 spiro atoms. The maximum absolute atomic E-state index is 9.84. The van der Waals surface area contributed by atoms with Crippen LogP contribution in [-0.2, 0) is 9.53 Å². The van der Waals surface area contributed by atoms with Crippen molar-refractivity contribution in [3.05, 3.63) is 0 Å². The van der Waals surface area contributed by atoms with E-state index in [1.807, 2.05) is 0 Å². The van der Waals surface area contributed by atoms with Crippen LogP contribution in [0.2, 0.25) is 0 Å². The third-order valence-electron chi connectivity index (χ3n) is 1.42. The van der Waals surface area contributed by atoms with Crippen molar-refractivity contribution in [2.75, 3.05) is 0 Å². The highest BCUT2D eigenvalue weighted by Gasteiger charge is 2.35. The molecular formula is C6H10O2.